The Morgan fingerprint density at radius 1 is 1.17 bits per heavy atom. The minimum atomic E-state index is -0.658. The van der Waals surface area contributed by atoms with Gasteiger partial charge in [0.2, 0.25) is 5.76 Å². The lowest BCUT2D eigenvalue weighted by Gasteiger charge is -2.06. The normalized spacial score (nSPS) is 10.1. The second kappa shape index (κ2) is 8.30. The summed E-state index contributed by atoms with van der Waals surface area (Å²) in [5, 5.41) is 2.45. The number of halogens is 1. The smallest absolute Gasteiger partial charge is 0.374 e. The molecule has 1 aromatic heterocycles. The Labute approximate surface area is 146 Å². The maximum absolute atomic E-state index is 11.9. The third-order valence-electron chi connectivity index (χ3n) is 3.01. The van der Waals surface area contributed by atoms with Crippen molar-refractivity contribution in [3.63, 3.8) is 0 Å². The summed E-state index contributed by atoms with van der Waals surface area (Å²) in [5.41, 5.74) is 0.809. The third-order valence-corrected chi connectivity index (χ3v) is 3.53. The maximum atomic E-state index is 11.9. The van der Waals surface area contributed by atoms with Crippen LogP contribution in [-0.4, -0.2) is 31.5 Å². The van der Waals surface area contributed by atoms with Gasteiger partial charge in [0, 0.05) is 15.6 Å². The van der Waals surface area contributed by atoms with Crippen molar-refractivity contribution in [1.29, 1.82) is 0 Å². The van der Waals surface area contributed by atoms with Gasteiger partial charge in [-0.05, 0) is 30.3 Å². The average Bonchev–Trinajstić information content (AvgIpc) is 3.06. The molecule has 1 amide bonds. The van der Waals surface area contributed by atoms with Crippen LogP contribution in [0.5, 0.6) is 0 Å². The number of benzene rings is 1. The highest BCUT2D eigenvalue weighted by atomic mass is 79.9. The largest absolute Gasteiger partial charge is 0.463 e. The standard InChI is InChI=1S/C16H14BrNO6/c1-22-16(21)14-11(6-7-23-14)9-24-13(19)8-18-15(20)10-2-4-12(17)5-3-10/h2-7H,8-9H2,1H3,(H,18,20). The van der Waals surface area contributed by atoms with Crippen molar-refractivity contribution in [3.05, 3.63) is 58.0 Å². The molecule has 7 nitrogen and oxygen atoms in total. The molecule has 0 unspecified atom stereocenters. The van der Waals surface area contributed by atoms with E-state index in [-0.39, 0.29) is 18.9 Å². The van der Waals surface area contributed by atoms with E-state index in [9.17, 15) is 14.4 Å². The summed E-state index contributed by atoms with van der Waals surface area (Å²) in [4.78, 5) is 35.0. The molecular weight excluding hydrogens is 382 g/mol. The number of rotatable bonds is 6. The van der Waals surface area contributed by atoms with Gasteiger partial charge in [0.15, 0.2) is 0 Å². The van der Waals surface area contributed by atoms with E-state index in [1.54, 1.807) is 24.3 Å². The van der Waals surface area contributed by atoms with Crippen LogP contribution in [0, 0.1) is 0 Å². The highest BCUT2D eigenvalue weighted by Crippen LogP contribution is 2.13. The molecule has 0 bridgehead atoms. The predicted octanol–water partition coefficient (Wildman–Crippen LogP) is 2.30. The van der Waals surface area contributed by atoms with E-state index in [0.717, 1.165) is 4.47 Å². The molecule has 1 aromatic carbocycles. The molecule has 0 radical (unpaired) electrons. The Bertz CT molecular complexity index is 737. The van der Waals surface area contributed by atoms with Crippen LogP contribution in [0.1, 0.15) is 26.5 Å². The Balaban J connectivity index is 1.82. The lowest BCUT2D eigenvalue weighted by Crippen LogP contribution is -2.30. The van der Waals surface area contributed by atoms with Crippen LogP contribution >= 0.6 is 15.9 Å². The average molecular weight is 396 g/mol. The molecule has 1 heterocycles. The summed E-state index contributed by atoms with van der Waals surface area (Å²) in [6.07, 6.45) is 1.30. The lowest BCUT2D eigenvalue weighted by atomic mass is 10.2. The Morgan fingerprint density at radius 2 is 1.88 bits per heavy atom. The second-order valence-electron chi connectivity index (χ2n) is 4.62. The number of ether oxygens (including phenoxy) is 2. The van der Waals surface area contributed by atoms with Crippen molar-refractivity contribution in [2.24, 2.45) is 0 Å². The molecule has 0 aliphatic rings. The summed E-state index contributed by atoms with van der Waals surface area (Å²) in [7, 11) is 1.22. The van der Waals surface area contributed by atoms with E-state index >= 15 is 0 Å². The molecule has 0 aliphatic carbocycles. The molecule has 0 spiro atoms. The summed E-state index contributed by atoms with van der Waals surface area (Å²) in [6.45, 7) is -0.450. The van der Waals surface area contributed by atoms with Crippen LogP contribution in [-0.2, 0) is 20.9 Å². The van der Waals surface area contributed by atoms with Crippen molar-refractivity contribution in [2.75, 3.05) is 13.7 Å². The number of carbonyl (C=O) groups excluding carboxylic acids is 3. The van der Waals surface area contributed by atoms with E-state index in [1.807, 2.05) is 0 Å². The first-order valence-corrected chi connectivity index (χ1v) is 7.64. The Morgan fingerprint density at radius 3 is 2.54 bits per heavy atom. The molecule has 0 saturated carbocycles. The number of hydrogen-bond donors (Lipinski definition) is 1. The number of hydrogen-bond acceptors (Lipinski definition) is 6. The predicted molar refractivity (Wildman–Crippen MR) is 86.3 cm³/mol. The van der Waals surface area contributed by atoms with Gasteiger partial charge < -0.3 is 19.2 Å². The van der Waals surface area contributed by atoms with Crippen LogP contribution in [0.25, 0.3) is 0 Å². The van der Waals surface area contributed by atoms with Crippen LogP contribution in [0.3, 0.4) is 0 Å². The lowest BCUT2D eigenvalue weighted by molar-refractivity contribution is -0.143. The Hall–Kier alpha value is -2.61. The molecule has 0 aliphatic heterocycles. The summed E-state index contributed by atoms with van der Waals surface area (Å²) in [5.74, 6) is -1.71. The molecular formula is C16H14BrNO6. The van der Waals surface area contributed by atoms with Crippen LogP contribution in [0.15, 0.2) is 45.5 Å². The van der Waals surface area contributed by atoms with Crippen molar-refractivity contribution >= 4 is 33.8 Å². The maximum Gasteiger partial charge on any atom is 0.374 e. The zero-order chi connectivity index (χ0) is 17.5. The molecule has 1 N–H and O–H groups in total. The van der Waals surface area contributed by atoms with Gasteiger partial charge in [0.05, 0.1) is 13.4 Å². The molecule has 2 aromatic rings. The van der Waals surface area contributed by atoms with Gasteiger partial charge >= 0.3 is 11.9 Å². The van der Waals surface area contributed by atoms with Gasteiger partial charge in [-0.3, -0.25) is 9.59 Å². The van der Waals surface area contributed by atoms with Crippen molar-refractivity contribution in [1.82, 2.24) is 5.32 Å². The van der Waals surface area contributed by atoms with Gasteiger partial charge in [-0.25, -0.2) is 4.79 Å². The highest BCUT2D eigenvalue weighted by Gasteiger charge is 2.17. The van der Waals surface area contributed by atoms with Gasteiger partial charge in [-0.1, -0.05) is 15.9 Å². The quantitative estimate of drug-likeness (QED) is 0.753. The molecule has 0 atom stereocenters. The first kappa shape index (κ1) is 17.7. The van der Waals surface area contributed by atoms with Crippen molar-refractivity contribution in [2.45, 2.75) is 6.61 Å². The zero-order valence-electron chi connectivity index (χ0n) is 12.7. The number of furan rings is 1. The molecule has 0 saturated heterocycles. The zero-order valence-corrected chi connectivity index (χ0v) is 14.3. The van der Waals surface area contributed by atoms with E-state index < -0.39 is 17.8 Å². The number of amides is 1. The minimum absolute atomic E-state index is 0.0239. The number of carbonyl (C=O) groups is 3. The first-order valence-electron chi connectivity index (χ1n) is 6.85. The monoisotopic (exact) mass is 395 g/mol. The van der Waals surface area contributed by atoms with Crippen molar-refractivity contribution in [3.8, 4) is 0 Å². The summed E-state index contributed by atoms with van der Waals surface area (Å²) < 4.78 is 15.4. The van der Waals surface area contributed by atoms with Gasteiger partial charge in [-0.2, -0.15) is 0 Å². The van der Waals surface area contributed by atoms with E-state index in [2.05, 4.69) is 26.0 Å². The number of methoxy groups -OCH3 is 1. The Kier molecular flexibility index (Phi) is 6.14. The molecule has 8 heteroatoms. The molecule has 2 rings (SSSR count). The van der Waals surface area contributed by atoms with Crippen LogP contribution in [0.2, 0.25) is 0 Å². The number of esters is 2. The van der Waals surface area contributed by atoms with Crippen LogP contribution in [0.4, 0.5) is 0 Å². The van der Waals surface area contributed by atoms with E-state index in [4.69, 9.17) is 9.15 Å². The SMILES string of the molecule is COC(=O)c1occc1COC(=O)CNC(=O)c1ccc(Br)cc1. The number of nitrogens with one attached hydrogen (secondary N) is 1. The van der Waals surface area contributed by atoms with Crippen molar-refractivity contribution < 1.29 is 28.3 Å². The van der Waals surface area contributed by atoms with Gasteiger partial charge in [-0.15, -0.1) is 0 Å². The molecule has 24 heavy (non-hydrogen) atoms. The molecule has 0 fully saturated rings. The fourth-order valence-electron chi connectivity index (χ4n) is 1.79. The van der Waals surface area contributed by atoms with Gasteiger partial charge in [0.25, 0.3) is 5.91 Å². The fraction of sp³-hybridized carbons (Fsp3) is 0.188. The van der Waals surface area contributed by atoms with Crippen LogP contribution < -0.4 is 5.32 Å². The third kappa shape index (κ3) is 4.69. The fourth-order valence-corrected chi connectivity index (χ4v) is 2.05. The van der Waals surface area contributed by atoms with Gasteiger partial charge in [0.1, 0.15) is 13.2 Å². The highest BCUT2D eigenvalue weighted by molar-refractivity contribution is 9.10. The molecule has 126 valence electrons. The minimum Gasteiger partial charge on any atom is -0.463 e. The summed E-state index contributed by atoms with van der Waals surface area (Å²) >= 11 is 3.27. The van der Waals surface area contributed by atoms with E-state index in [1.165, 1.54) is 19.4 Å². The summed E-state index contributed by atoms with van der Waals surface area (Å²) in [6, 6.07) is 8.19. The van der Waals surface area contributed by atoms with E-state index in [0.29, 0.717) is 11.1 Å². The topological polar surface area (TPSA) is 94.8 Å². The first-order chi connectivity index (χ1) is 11.5. The second-order valence-corrected chi connectivity index (χ2v) is 5.53.